The zero-order valence-corrected chi connectivity index (χ0v) is 23.2. The second-order valence-corrected chi connectivity index (χ2v) is 11.3. The highest BCUT2D eigenvalue weighted by Crippen LogP contribution is 2.52. The zero-order chi connectivity index (χ0) is 27.2. The van der Waals surface area contributed by atoms with Gasteiger partial charge in [0.25, 0.3) is 0 Å². The Morgan fingerprint density at radius 2 is 1.65 bits per heavy atom. The van der Waals surface area contributed by atoms with Crippen LogP contribution in [-0.4, -0.2) is 63.2 Å². The molecule has 0 amide bonds. The van der Waals surface area contributed by atoms with Crippen LogP contribution >= 0.6 is 0 Å². The summed E-state index contributed by atoms with van der Waals surface area (Å²) in [5.74, 6) is -0.520. The van der Waals surface area contributed by atoms with Crippen LogP contribution < -0.4 is 0 Å². The molecule has 0 aromatic carbocycles. The van der Waals surface area contributed by atoms with Gasteiger partial charge >= 0.3 is 17.9 Å². The maximum absolute atomic E-state index is 12.7. The van der Waals surface area contributed by atoms with Crippen molar-refractivity contribution in [1.82, 2.24) is 0 Å². The molecule has 2 aliphatic rings. The molecular weight excluding hydrogens is 476 g/mol. The predicted molar refractivity (Wildman–Crippen MR) is 140 cm³/mol. The summed E-state index contributed by atoms with van der Waals surface area (Å²) in [7, 11) is 1.48. The van der Waals surface area contributed by atoms with Crippen LogP contribution in [0.4, 0.5) is 0 Å². The third-order valence-electron chi connectivity index (χ3n) is 7.47. The molecule has 0 radical (unpaired) electrons. The number of rotatable bonds is 19. The van der Waals surface area contributed by atoms with Gasteiger partial charge in [0.2, 0.25) is 0 Å². The molecule has 1 N–H and O–H groups in total. The van der Waals surface area contributed by atoms with E-state index in [1.165, 1.54) is 25.5 Å². The van der Waals surface area contributed by atoms with E-state index in [-0.39, 0.29) is 56.6 Å². The number of esters is 3. The van der Waals surface area contributed by atoms with E-state index in [9.17, 15) is 19.5 Å². The molecule has 2 aliphatic carbocycles. The topological polar surface area (TPSA) is 108 Å². The Kier molecular flexibility index (Phi) is 13.6. The summed E-state index contributed by atoms with van der Waals surface area (Å²) >= 11 is 0. The largest absolute Gasteiger partial charge is 0.466 e. The molecule has 0 spiro atoms. The van der Waals surface area contributed by atoms with Crippen molar-refractivity contribution in [2.24, 2.45) is 16.7 Å². The number of aliphatic hydroxyl groups excluding tert-OH is 1. The van der Waals surface area contributed by atoms with Crippen LogP contribution in [-0.2, 0) is 33.3 Å². The normalized spacial score (nSPS) is 22.2. The SMILES string of the molecule is CCCCCCCOC(=O)CCCC(=O)OCC(CO)(COC)COC(=O)CC12CC=C(CC(C)C1)C2. The van der Waals surface area contributed by atoms with Gasteiger partial charge in [-0.25, -0.2) is 0 Å². The average Bonchev–Trinajstić information content (AvgIpc) is 3.16. The summed E-state index contributed by atoms with van der Waals surface area (Å²) in [6, 6.07) is 0. The summed E-state index contributed by atoms with van der Waals surface area (Å²) < 4.78 is 21.4. The highest BCUT2D eigenvalue weighted by molar-refractivity contribution is 5.72. The van der Waals surface area contributed by atoms with E-state index in [2.05, 4.69) is 19.9 Å². The van der Waals surface area contributed by atoms with Crippen LogP contribution in [0, 0.1) is 16.7 Å². The highest BCUT2D eigenvalue weighted by Gasteiger charge is 2.42. The fourth-order valence-corrected chi connectivity index (χ4v) is 5.57. The molecule has 0 aliphatic heterocycles. The number of aliphatic hydroxyl groups is 1. The Morgan fingerprint density at radius 1 is 0.973 bits per heavy atom. The first-order valence-corrected chi connectivity index (χ1v) is 14.0. The van der Waals surface area contributed by atoms with Crippen molar-refractivity contribution in [3.8, 4) is 0 Å². The van der Waals surface area contributed by atoms with E-state index in [4.69, 9.17) is 18.9 Å². The zero-order valence-electron chi connectivity index (χ0n) is 23.2. The van der Waals surface area contributed by atoms with Crippen molar-refractivity contribution in [3.63, 3.8) is 0 Å². The monoisotopic (exact) mass is 524 g/mol. The molecule has 2 bridgehead atoms. The summed E-state index contributed by atoms with van der Waals surface area (Å²) in [6.45, 7) is 4.27. The van der Waals surface area contributed by atoms with Gasteiger partial charge in [0.1, 0.15) is 13.2 Å². The summed E-state index contributed by atoms with van der Waals surface area (Å²) in [6.07, 6.45) is 12.6. The predicted octanol–water partition coefficient (Wildman–Crippen LogP) is 4.91. The van der Waals surface area contributed by atoms with Crippen molar-refractivity contribution in [2.75, 3.05) is 40.1 Å². The number of carbonyl (C=O) groups excluding carboxylic acids is 3. The van der Waals surface area contributed by atoms with Crippen LogP contribution in [0.2, 0.25) is 0 Å². The Balaban J connectivity index is 1.69. The van der Waals surface area contributed by atoms with Crippen LogP contribution in [0.1, 0.15) is 97.3 Å². The van der Waals surface area contributed by atoms with Gasteiger partial charge in [-0.05, 0) is 49.9 Å². The van der Waals surface area contributed by atoms with Gasteiger partial charge in [0.15, 0.2) is 0 Å². The number of fused-ring (bicyclic) bond motifs is 2. The minimum absolute atomic E-state index is 0.0458. The van der Waals surface area contributed by atoms with Crippen molar-refractivity contribution in [3.05, 3.63) is 11.6 Å². The summed E-state index contributed by atoms with van der Waals surface area (Å²) in [4.78, 5) is 36.8. The lowest BCUT2D eigenvalue weighted by Crippen LogP contribution is -2.42. The van der Waals surface area contributed by atoms with Crippen molar-refractivity contribution >= 4 is 17.9 Å². The molecule has 2 rings (SSSR count). The number of methoxy groups -OCH3 is 1. The van der Waals surface area contributed by atoms with Gasteiger partial charge in [-0.3, -0.25) is 14.4 Å². The molecule has 0 aromatic heterocycles. The van der Waals surface area contributed by atoms with E-state index >= 15 is 0 Å². The fraction of sp³-hybridized carbons (Fsp3) is 0.828. The smallest absolute Gasteiger partial charge is 0.306 e. The maximum Gasteiger partial charge on any atom is 0.306 e. The van der Waals surface area contributed by atoms with Crippen molar-refractivity contribution in [2.45, 2.75) is 97.3 Å². The quantitative estimate of drug-likeness (QED) is 0.110. The number of carbonyl (C=O) groups is 3. The number of hydrogen-bond donors (Lipinski definition) is 1. The Bertz CT molecular complexity index is 763. The van der Waals surface area contributed by atoms with Gasteiger partial charge in [-0.15, -0.1) is 0 Å². The molecule has 1 fully saturated rings. The van der Waals surface area contributed by atoms with Gasteiger partial charge in [-0.1, -0.05) is 51.2 Å². The summed E-state index contributed by atoms with van der Waals surface area (Å²) in [5, 5.41) is 10.1. The average molecular weight is 525 g/mol. The molecular formula is C29H48O8. The van der Waals surface area contributed by atoms with Crippen LogP contribution in [0.5, 0.6) is 0 Å². The van der Waals surface area contributed by atoms with Crippen molar-refractivity contribution in [1.29, 1.82) is 0 Å². The van der Waals surface area contributed by atoms with Gasteiger partial charge in [0.05, 0.1) is 31.7 Å². The molecule has 3 unspecified atom stereocenters. The lowest BCUT2D eigenvalue weighted by atomic mass is 9.69. The van der Waals surface area contributed by atoms with Crippen molar-refractivity contribution < 1.29 is 38.4 Å². The van der Waals surface area contributed by atoms with Gasteiger partial charge < -0.3 is 24.1 Å². The second kappa shape index (κ2) is 16.1. The molecule has 8 nitrogen and oxygen atoms in total. The number of allylic oxidation sites excluding steroid dienone is 2. The van der Waals surface area contributed by atoms with Crippen LogP contribution in [0.15, 0.2) is 11.6 Å². The van der Waals surface area contributed by atoms with E-state index < -0.39 is 11.4 Å². The second-order valence-electron chi connectivity index (χ2n) is 11.3. The van der Waals surface area contributed by atoms with Gasteiger partial charge in [0, 0.05) is 20.0 Å². The van der Waals surface area contributed by atoms with Crippen LogP contribution in [0.3, 0.4) is 0 Å². The number of hydrogen-bond acceptors (Lipinski definition) is 8. The van der Waals surface area contributed by atoms with Gasteiger partial charge in [-0.2, -0.15) is 0 Å². The Hall–Kier alpha value is -1.93. The molecule has 0 saturated heterocycles. The first-order valence-electron chi connectivity index (χ1n) is 14.0. The Labute approximate surface area is 222 Å². The number of ether oxygens (including phenoxy) is 4. The number of unbranched alkanes of at least 4 members (excludes halogenated alkanes) is 4. The van der Waals surface area contributed by atoms with E-state index in [1.807, 2.05) is 0 Å². The lowest BCUT2D eigenvalue weighted by molar-refractivity contribution is -0.161. The van der Waals surface area contributed by atoms with E-state index in [0.717, 1.165) is 44.9 Å². The molecule has 8 heteroatoms. The first-order chi connectivity index (χ1) is 17.7. The highest BCUT2D eigenvalue weighted by atomic mass is 16.6. The van der Waals surface area contributed by atoms with E-state index in [0.29, 0.717) is 25.4 Å². The molecule has 3 atom stereocenters. The van der Waals surface area contributed by atoms with Crippen LogP contribution in [0.25, 0.3) is 0 Å². The molecule has 37 heavy (non-hydrogen) atoms. The third kappa shape index (κ3) is 11.1. The minimum atomic E-state index is -1.03. The maximum atomic E-state index is 12.7. The van der Waals surface area contributed by atoms with E-state index in [1.54, 1.807) is 0 Å². The molecule has 212 valence electrons. The minimum Gasteiger partial charge on any atom is -0.466 e. The molecule has 1 saturated carbocycles. The molecule has 0 aromatic rings. The standard InChI is InChI=1S/C29H48O8/c1-4-5-6-7-8-14-35-25(31)10-9-11-26(32)36-21-29(19-30,20-34-3)22-37-27(33)18-28-13-12-24(17-28)15-23(2)16-28/h12,23,30H,4-11,13-22H2,1-3H3. The Morgan fingerprint density at radius 3 is 2.32 bits per heavy atom. The summed E-state index contributed by atoms with van der Waals surface area (Å²) in [5.41, 5.74) is 0.363. The molecule has 0 heterocycles. The fourth-order valence-electron chi connectivity index (χ4n) is 5.57. The first kappa shape index (κ1) is 31.3. The lowest BCUT2D eigenvalue weighted by Gasteiger charge is -2.36. The third-order valence-corrected chi connectivity index (χ3v) is 7.47.